The van der Waals surface area contributed by atoms with Gasteiger partial charge in [0, 0.05) is 36.6 Å². The van der Waals surface area contributed by atoms with E-state index < -0.39 is 48.3 Å². The number of hydrogen-bond acceptors (Lipinski definition) is 3. The molecule has 2 amide bonds. The van der Waals surface area contributed by atoms with Gasteiger partial charge in [0.15, 0.2) is 23.3 Å². The molecule has 0 radical (unpaired) electrons. The van der Waals surface area contributed by atoms with Crippen LogP contribution in [0, 0.1) is 23.3 Å². The van der Waals surface area contributed by atoms with Crippen LogP contribution >= 0.6 is 0 Å². The summed E-state index contributed by atoms with van der Waals surface area (Å²) in [5, 5.41) is 0. The second-order valence-corrected chi connectivity index (χ2v) is 7.58. The van der Waals surface area contributed by atoms with E-state index in [1.165, 1.54) is 9.80 Å². The van der Waals surface area contributed by atoms with Gasteiger partial charge >= 0.3 is 0 Å². The lowest BCUT2D eigenvalue weighted by atomic mass is 10.0. The van der Waals surface area contributed by atoms with Gasteiger partial charge in [-0.3, -0.25) is 9.59 Å². The smallest absolute Gasteiger partial charge is 0.253 e. The molecule has 0 fully saturated rings. The van der Waals surface area contributed by atoms with Crippen LogP contribution in [0.1, 0.15) is 24.0 Å². The molecule has 0 aliphatic carbocycles. The number of carbonyl (C=O) groups excluding carboxylic acids is 2. The van der Waals surface area contributed by atoms with Crippen LogP contribution in [0.3, 0.4) is 0 Å². The van der Waals surface area contributed by atoms with Crippen LogP contribution < -0.4 is 9.80 Å². The van der Waals surface area contributed by atoms with Gasteiger partial charge in [-0.1, -0.05) is 0 Å². The first-order chi connectivity index (χ1) is 14.8. The number of halogens is 4. The number of anilines is 2. The predicted molar refractivity (Wildman–Crippen MR) is 105 cm³/mol. The minimum Gasteiger partial charge on any atom is -0.362 e. The Hall–Kier alpha value is -2.94. The van der Waals surface area contributed by atoms with Crippen molar-refractivity contribution in [3.8, 4) is 0 Å². The molecule has 0 saturated carbocycles. The lowest BCUT2D eigenvalue weighted by Gasteiger charge is -2.30. The number of amides is 2. The molecule has 0 N–H and O–H groups in total. The summed E-state index contributed by atoms with van der Waals surface area (Å²) in [5.74, 6) is -4.97. The van der Waals surface area contributed by atoms with Crippen molar-refractivity contribution < 1.29 is 31.9 Å². The molecule has 164 valence electrons. The monoisotopic (exact) mass is 436 g/mol. The number of rotatable bonds is 4. The average molecular weight is 436 g/mol. The maximum Gasteiger partial charge on any atom is 0.253 e. The normalized spacial score (nSPS) is 15.5. The third-order valence-electron chi connectivity index (χ3n) is 5.53. The van der Waals surface area contributed by atoms with Gasteiger partial charge in [0.05, 0.1) is 0 Å². The molecular weight excluding hydrogens is 416 g/mol. The van der Waals surface area contributed by atoms with Crippen LogP contribution in [0.25, 0.3) is 0 Å². The van der Waals surface area contributed by atoms with Crippen molar-refractivity contribution in [3.63, 3.8) is 0 Å². The van der Waals surface area contributed by atoms with Crippen LogP contribution in [-0.2, 0) is 27.2 Å². The number of fused-ring (bicyclic) bond motifs is 2. The van der Waals surface area contributed by atoms with Crippen LogP contribution in [-0.4, -0.2) is 38.1 Å². The number of carbonyl (C=O) groups is 2. The Labute approximate surface area is 176 Å². The van der Waals surface area contributed by atoms with E-state index in [9.17, 15) is 27.2 Å². The fourth-order valence-corrected chi connectivity index (χ4v) is 4.05. The second-order valence-electron chi connectivity index (χ2n) is 7.58. The van der Waals surface area contributed by atoms with Gasteiger partial charge in [0.2, 0.25) is 0 Å². The SMILES string of the molecule is O=C(COCC(=O)N1CCCc2cc(F)c(F)cc21)N1CCCc2cc(F)c(F)cc21. The molecule has 2 aliphatic rings. The lowest BCUT2D eigenvalue weighted by molar-refractivity contribution is -0.128. The molecule has 0 bridgehead atoms. The first-order valence-corrected chi connectivity index (χ1v) is 9.99. The van der Waals surface area contributed by atoms with E-state index in [0.29, 0.717) is 61.3 Å². The van der Waals surface area contributed by atoms with Gasteiger partial charge in [0.1, 0.15) is 13.2 Å². The van der Waals surface area contributed by atoms with Crippen LogP contribution in [0.2, 0.25) is 0 Å². The molecular formula is C22H20F4N2O3. The van der Waals surface area contributed by atoms with Crippen molar-refractivity contribution in [1.29, 1.82) is 0 Å². The minimum atomic E-state index is -1.04. The van der Waals surface area contributed by atoms with Crippen molar-refractivity contribution in [2.24, 2.45) is 0 Å². The summed E-state index contributed by atoms with van der Waals surface area (Å²) in [5.41, 5.74) is 1.67. The molecule has 4 rings (SSSR count). The van der Waals surface area contributed by atoms with Crippen molar-refractivity contribution in [3.05, 3.63) is 58.7 Å². The van der Waals surface area contributed by atoms with E-state index in [1.54, 1.807) is 0 Å². The molecule has 2 heterocycles. The van der Waals surface area contributed by atoms with E-state index in [2.05, 4.69) is 0 Å². The number of ether oxygens (including phenoxy) is 1. The summed E-state index contributed by atoms with van der Waals surface area (Å²) < 4.78 is 59.5. The zero-order valence-electron chi connectivity index (χ0n) is 16.6. The zero-order valence-corrected chi connectivity index (χ0v) is 16.6. The Kier molecular flexibility index (Phi) is 5.95. The maximum atomic E-state index is 13.6. The Bertz CT molecular complexity index is 962. The molecule has 0 unspecified atom stereocenters. The highest BCUT2D eigenvalue weighted by Crippen LogP contribution is 2.30. The first kappa shape index (κ1) is 21.3. The zero-order chi connectivity index (χ0) is 22.1. The van der Waals surface area contributed by atoms with Gasteiger partial charge in [-0.2, -0.15) is 0 Å². The first-order valence-electron chi connectivity index (χ1n) is 9.99. The van der Waals surface area contributed by atoms with Gasteiger partial charge in [0.25, 0.3) is 11.8 Å². The van der Waals surface area contributed by atoms with Gasteiger partial charge < -0.3 is 14.5 Å². The Morgan fingerprint density at radius 1 is 0.710 bits per heavy atom. The quantitative estimate of drug-likeness (QED) is 0.690. The summed E-state index contributed by atoms with van der Waals surface area (Å²) in [6.45, 7) is -0.192. The highest BCUT2D eigenvalue weighted by atomic mass is 19.2. The van der Waals surface area contributed by atoms with E-state index in [1.807, 2.05) is 0 Å². The number of nitrogens with zero attached hydrogens (tertiary/aromatic N) is 2. The third kappa shape index (κ3) is 4.27. The topological polar surface area (TPSA) is 49.9 Å². The predicted octanol–water partition coefficient (Wildman–Crippen LogP) is 3.52. The van der Waals surface area contributed by atoms with E-state index >= 15 is 0 Å². The summed E-state index contributed by atoms with van der Waals surface area (Å²) in [6, 6.07) is 4.16. The molecule has 2 aromatic rings. The Morgan fingerprint density at radius 2 is 1.10 bits per heavy atom. The van der Waals surface area contributed by atoms with Gasteiger partial charge in [-0.05, 0) is 48.9 Å². The second kappa shape index (κ2) is 8.66. The van der Waals surface area contributed by atoms with Crippen molar-refractivity contribution in [2.75, 3.05) is 36.1 Å². The number of aryl methyl sites for hydroxylation is 2. The summed E-state index contributed by atoms with van der Waals surface area (Å²) in [4.78, 5) is 27.8. The summed E-state index contributed by atoms with van der Waals surface area (Å²) in [6.07, 6.45) is 2.24. The molecule has 0 spiro atoms. The van der Waals surface area contributed by atoms with E-state index in [4.69, 9.17) is 4.74 Å². The Balaban J connectivity index is 1.39. The van der Waals surface area contributed by atoms with Crippen LogP contribution in [0.5, 0.6) is 0 Å². The van der Waals surface area contributed by atoms with Crippen LogP contribution in [0.15, 0.2) is 24.3 Å². The maximum absolute atomic E-state index is 13.6. The number of benzene rings is 2. The van der Waals surface area contributed by atoms with E-state index in [0.717, 1.165) is 24.3 Å². The fraction of sp³-hybridized carbons (Fsp3) is 0.364. The molecule has 31 heavy (non-hydrogen) atoms. The fourth-order valence-electron chi connectivity index (χ4n) is 4.05. The van der Waals surface area contributed by atoms with Crippen LogP contribution in [0.4, 0.5) is 28.9 Å². The van der Waals surface area contributed by atoms with E-state index in [-0.39, 0.29) is 0 Å². The highest BCUT2D eigenvalue weighted by Gasteiger charge is 2.27. The third-order valence-corrected chi connectivity index (χ3v) is 5.53. The minimum absolute atomic E-state index is 0.299. The largest absolute Gasteiger partial charge is 0.362 e. The van der Waals surface area contributed by atoms with Crippen molar-refractivity contribution >= 4 is 23.2 Å². The molecule has 0 atom stereocenters. The van der Waals surface area contributed by atoms with Gasteiger partial charge in [-0.25, -0.2) is 17.6 Å². The molecule has 5 nitrogen and oxygen atoms in total. The van der Waals surface area contributed by atoms with Crippen molar-refractivity contribution in [2.45, 2.75) is 25.7 Å². The summed E-state index contributed by atoms with van der Waals surface area (Å²) in [7, 11) is 0. The molecule has 0 saturated heterocycles. The highest BCUT2D eigenvalue weighted by molar-refractivity contribution is 5.97. The van der Waals surface area contributed by atoms with Crippen molar-refractivity contribution in [1.82, 2.24) is 0 Å². The molecule has 0 aromatic heterocycles. The molecule has 2 aliphatic heterocycles. The average Bonchev–Trinajstić information content (AvgIpc) is 2.74. The Morgan fingerprint density at radius 3 is 1.52 bits per heavy atom. The van der Waals surface area contributed by atoms with Gasteiger partial charge in [-0.15, -0.1) is 0 Å². The summed E-state index contributed by atoms with van der Waals surface area (Å²) >= 11 is 0. The lowest BCUT2D eigenvalue weighted by Crippen LogP contribution is -2.41. The number of hydrogen-bond donors (Lipinski definition) is 0. The standard InChI is InChI=1S/C22H20F4N2O3/c23-15-7-13-3-1-5-27(19(13)9-17(15)25)21(29)11-31-12-22(30)28-6-2-4-14-8-16(24)18(26)10-20(14)28/h7-10H,1-6,11-12H2. The molecule has 2 aromatic carbocycles. The molecule has 9 heteroatoms.